The van der Waals surface area contributed by atoms with Crippen molar-refractivity contribution in [2.75, 3.05) is 0 Å². The summed E-state index contributed by atoms with van der Waals surface area (Å²) in [6, 6.07) is 1.71. The highest BCUT2D eigenvalue weighted by Crippen LogP contribution is 2.43. The van der Waals surface area contributed by atoms with Gasteiger partial charge in [0.25, 0.3) is 0 Å². The standard InChI is InChI=1S/C27H37F5/c1-2-3-4-5-6-19-9-13-22(14-10-19)23-15-11-20(12-16-23)7-8-21-17-24(28)26(25(29)18-21)27(30,31)32/h2,17-20,22-23H,1,3-16H2/t19-,20-,22-,23-. The van der Waals surface area contributed by atoms with Crippen LogP contribution < -0.4 is 0 Å². The summed E-state index contributed by atoms with van der Waals surface area (Å²) < 4.78 is 65.8. The van der Waals surface area contributed by atoms with Crippen molar-refractivity contribution in [2.45, 2.75) is 96.1 Å². The number of hydrogen-bond acceptors (Lipinski definition) is 0. The van der Waals surface area contributed by atoms with E-state index in [1.165, 1.54) is 57.8 Å². The maximum absolute atomic E-state index is 13.8. The molecule has 0 heterocycles. The Hall–Kier alpha value is -1.39. The zero-order valence-corrected chi connectivity index (χ0v) is 19.0. The zero-order chi connectivity index (χ0) is 23.1. The van der Waals surface area contributed by atoms with Crippen LogP contribution in [0, 0.1) is 35.3 Å². The first-order valence-corrected chi connectivity index (χ1v) is 12.4. The number of hydrogen-bond donors (Lipinski definition) is 0. The van der Waals surface area contributed by atoms with Gasteiger partial charge in [0.05, 0.1) is 0 Å². The van der Waals surface area contributed by atoms with E-state index in [1.807, 2.05) is 6.08 Å². The minimum Gasteiger partial charge on any atom is -0.206 e. The molecule has 0 saturated heterocycles. The maximum atomic E-state index is 13.8. The second-order valence-corrected chi connectivity index (χ2v) is 10.1. The van der Waals surface area contributed by atoms with E-state index in [1.54, 1.807) is 0 Å². The summed E-state index contributed by atoms with van der Waals surface area (Å²) in [5, 5.41) is 0. The summed E-state index contributed by atoms with van der Waals surface area (Å²) in [7, 11) is 0. The van der Waals surface area contributed by atoms with Gasteiger partial charge in [0, 0.05) is 0 Å². The Morgan fingerprint density at radius 3 is 1.75 bits per heavy atom. The summed E-state index contributed by atoms with van der Waals surface area (Å²) >= 11 is 0. The molecule has 0 N–H and O–H groups in total. The number of halogens is 5. The molecule has 180 valence electrons. The molecule has 0 spiro atoms. The van der Waals surface area contributed by atoms with Crippen LogP contribution in [0.15, 0.2) is 24.8 Å². The largest absolute Gasteiger partial charge is 0.422 e. The lowest BCUT2D eigenvalue weighted by Gasteiger charge is -2.38. The Kier molecular flexibility index (Phi) is 9.19. The van der Waals surface area contributed by atoms with Gasteiger partial charge in [0.15, 0.2) is 0 Å². The van der Waals surface area contributed by atoms with Crippen molar-refractivity contribution in [3.8, 4) is 0 Å². The third-order valence-corrected chi connectivity index (χ3v) is 7.95. The van der Waals surface area contributed by atoms with Gasteiger partial charge in [-0.2, -0.15) is 13.2 Å². The first-order valence-electron chi connectivity index (χ1n) is 12.4. The van der Waals surface area contributed by atoms with Crippen molar-refractivity contribution in [2.24, 2.45) is 23.7 Å². The van der Waals surface area contributed by atoms with E-state index >= 15 is 0 Å². The van der Waals surface area contributed by atoms with Gasteiger partial charge in [-0.25, -0.2) is 8.78 Å². The van der Waals surface area contributed by atoms with Gasteiger partial charge in [-0.15, -0.1) is 6.58 Å². The van der Waals surface area contributed by atoms with Crippen LogP contribution >= 0.6 is 0 Å². The SMILES string of the molecule is C=CCCCC[C@H]1CC[C@H]([C@H]2CC[C@H](CCc3cc(F)c(C(F)(F)F)c(F)c3)CC2)CC1. The highest BCUT2D eigenvalue weighted by atomic mass is 19.4. The molecule has 0 aliphatic heterocycles. The quantitative estimate of drug-likeness (QED) is 0.197. The van der Waals surface area contributed by atoms with Crippen molar-refractivity contribution < 1.29 is 22.0 Å². The predicted molar refractivity (Wildman–Crippen MR) is 119 cm³/mol. The predicted octanol–water partition coefficient (Wildman–Crippen LogP) is 9.28. The lowest BCUT2D eigenvalue weighted by atomic mass is 9.68. The van der Waals surface area contributed by atoms with Gasteiger partial charge in [0.2, 0.25) is 0 Å². The van der Waals surface area contributed by atoms with Gasteiger partial charge in [-0.3, -0.25) is 0 Å². The Labute approximate surface area is 189 Å². The van der Waals surface area contributed by atoms with Crippen LogP contribution in [-0.4, -0.2) is 0 Å². The van der Waals surface area contributed by atoms with Crippen molar-refractivity contribution in [3.63, 3.8) is 0 Å². The summed E-state index contributed by atoms with van der Waals surface area (Å²) in [6.45, 7) is 3.79. The van der Waals surface area contributed by atoms with Crippen LogP contribution in [0.4, 0.5) is 22.0 Å². The third-order valence-electron chi connectivity index (χ3n) is 7.95. The number of alkyl halides is 3. The average molecular weight is 457 g/mol. The molecule has 0 amide bonds. The monoisotopic (exact) mass is 456 g/mol. The molecule has 0 bridgehead atoms. The van der Waals surface area contributed by atoms with Crippen LogP contribution in [0.5, 0.6) is 0 Å². The minimum absolute atomic E-state index is 0.321. The van der Waals surface area contributed by atoms with Crippen LogP contribution in [0.3, 0.4) is 0 Å². The van der Waals surface area contributed by atoms with Crippen molar-refractivity contribution in [1.82, 2.24) is 0 Å². The molecule has 2 saturated carbocycles. The molecule has 0 radical (unpaired) electrons. The average Bonchev–Trinajstić information content (AvgIpc) is 2.75. The Morgan fingerprint density at radius 2 is 1.28 bits per heavy atom. The van der Waals surface area contributed by atoms with E-state index in [0.29, 0.717) is 17.9 Å². The Bertz CT molecular complexity index is 699. The maximum Gasteiger partial charge on any atom is 0.422 e. The lowest BCUT2D eigenvalue weighted by molar-refractivity contribution is -0.142. The molecule has 2 aliphatic carbocycles. The highest BCUT2D eigenvalue weighted by molar-refractivity contribution is 5.28. The molecule has 3 rings (SSSR count). The van der Waals surface area contributed by atoms with Gasteiger partial charge < -0.3 is 0 Å². The van der Waals surface area contributed by atoms with Crippen molar-refractivity contribution >= 4 is 0 Å². The van der Waals surface area contributed by atoms with Crippen LogP contribution in [0.1, 0.15) is 94.6 Å². The first kappa shape index (κ1) is 25.2. The molecular formula is C27H37F5. The van der Waals surface area contributed by atoms with Crippen LogP contribution in [0.25, 0.3) is 0 Å². The van der Waals surface area contributed by atoms with E-state index in [0.717, 1.165) is 55.6 Å². The highest BCUT2D eigenvalue weighted by Gasteiger charge is 2.38. The minimum atomic E-state index is -5.00. The lowest BCUT2D eigenvalue weighted by Crippen LogP contribution is -2.26. The number of unbranched alkanes of at least 4 members (excludes halogenated alkanes) is 2. The Morgan fingerprint density at radius 1 is 0.781 bits per heavy atom. The molecule has 0 aromatic heterocycles. The fraction of sp³-hybridized carbons (Fsp3) is 0.704. The molecule has 1 aromatic rings. The van der Waals surface area contributed by atoms with E-state index in [-0.39, 0.29) is 0 Å². The molecular weight excluding hydrogens is 419 g/mol. The molecule has 2 fully saturated rings. The van der Waals surface area contributed by atoms with E-state index < -0.39 is 23.4 Å². The topological polar surface area (TPSA) is 0 Å². The Balaban J connectivity index is 1.38. The van der Waals surface area contributed by atoms with Crippen molar-refractivity contribution in [1.29, 1.82) is 0 Å². The zero-order valence-electron chi connectivity index (χ0n) is 19.0. The summed E-state index contributed by atoms with van der Waals surface area (Å²) in [6.07, 6.45) is 13.4. The van der Waals surface area contributed by atoms with E-state index in [2.05, 4.69) is 6.58 Å². The second-order valence-electron chi connectivity index (χ2n) is 10.1. The summed E-state index contributed by atoms with van der Waals surface area (Å²) in [4.78, 5) is 0. The van der Waals surface area contributed by atoms with Crippen molar-refractivity contribution in [3.05, 3.63) is 47.5 Å². The number of rotatable bonds is 9. The normalized spacial score (nSPS) is 26.8. The molecule has 5 heteroatoms. The van der Waals surface area contributed by atoms with Gasteiger partial charge in [0.1, 0.15) is 17.2 Å². The number of allylic oxidation sites excluding steroid dienone is 1. The summed E-state index contributed by atoms with van der Waals surface area (Å²) in [5.74, 6) is 0.0326. The van der Waals surface area contributed by atoms with Crippen LogP contribution in [0.2, 0.25) is 0 Å². The number of benzene rings is 1. The van der Waals surface area contributed by atoms with Gasteiger partial charge in [-0.1, -0.05) is 44.6 Å². The molecule has 1 aromatic carbocycles. The first-order chi connectivity index (χ1) is 15.3. The smallest absolute Gasteiger partial charge is 0.206 e. The second kappa shape index (κ2) is 11.7. The fourth-order valence-electron chi connectivity index (χ4n) is 6.03. The van der Waals surface area contributed by atoms with E-state index in [4.69, 9.17) is 0 Å². The summed E-state index contributed by atoms with van der Waals surface area (Å²) in [5.41, 5.74) is -1.46. The molecule has 32 heavy (non-hydrogen) atoms. The molecule has 0 atom stereocenters. The fourth-order valence-corrected chi connectivity index (χ4v) is 6.03. The van der Waals surface area contributed by atoms with E-state index in [9.17, 15) is 22.0 Å². The third kappa shape index (κ3) is 7.05. The number of aryl methyl sites for hydroxylation is 1. The molecule has 0 unspecified atom stereocenters. The van der Waals surface area contributed by atoms with Gasteiger partial charge in [-0.05, 0) is 92.7 Å². The molecule has 0 nitrogen and oxygen atoms in total. The van der Waals surface area contributed by atoms with Gasteiger partial charge >= 0.3 is 6.18 Å². The molecule has 2 aliphatic rings. The van der Waals surface area contributed by atoms with Crippen LogP contribution in [-0.2, 0) is 12.6 Å².